The number of anilines is 1. The zero-order valence-electron chi connectivity index (χ0n) is 16.7. The second-order valence-corrected chi connectivity index (χ2v) is 7.91. The quantitative estimate of drug-likeness (QED) is 0.599. The van der Waals surface area contributed by atoms with Crippen molar-refractivity contribution in [2.45, 2.75) is 31.8 Å². The minimum absolute atomic E-state index is 0.290. The van der Waals surface area contributed by atoms with Gasteiger partial charge in [0, 0.05) is 22.6 Å². The maximum absolute atomic E-state index is 13.2. The fourth-order valence-electron chi connectivity index (χ4n) is 3.59. The Labute approximate surface area is 178 Å². The first-order chi connectivity index (χ1) is 13.8. The average Bonchev–Trinajstić information content (AvgIpc) is 2.92. The summed E-state index contributed by atoms with van der Waals surface area (Å²) in [6.45, 7) is 2.53. The lowest BCUT2D eigenvalue weighted by Gasteiger charge is -2.23. The Bertz CT molecular complexity index is 945. The number of aliphatic hydroxyl groups is 1. The Morgan fingerprint density at radius 3 is 2.59 bits per heavy atom. The van der Waals surface area contributed by atoms with Gasteiger partial charge < -0.3 is 19.5 Å². The molecular formula is C22H24BrNO5. The molecule has 6 nitrogen and oxygen atoms in total. The van der Waals surface area contributed by atoms with Crippen LogP contribution in [0.25, 0.3) is 0 Å². The van der Waals surface area contributed by atoms with Crippen molar-refractivity contribution in [3.8, 4) is 11.5 Å². The Hall–Kier alpha value is -2.38. The Morgan fingerprint density at radius 2 is 1.93 bits per heavy atom. The number of ketones is 1. The summed E-state index contributed by atoms with van der Waals surface area (Å²) >= 11 is 3.40. The molecule has 1 amide bonds. The van der Waals surface area contributed by atoms with E-state index in [4.69, 9.17) is 9.47 Å². The molecule has 1 aliphatic heterocycles. The molecule has 1 aliphatic rings. The van der Waals surface area contributed by atoms with Gasteiger partial charge in [0.05, 0.1) is 31.9 Å². The van der Waals surface area contributed by atoms with Crippen LogP contribution < -0.4 is 14.4 Å². The number of hydrogen-bond acceptors (Lipinski definition) is 5. The summed E-state index contributed by atoms with van der Waals surface area (Å²) in [5.74, 6) is 0.0262. The normalized spacial score (nSPS) is 18.0. The van der Waals surface area contributed by atoms with Gasteiger partial charge >= 0.3 is 0 Å². The van der Waals surface area contributed by atoms with E-state index in [1.165, 1.54) is 14.2 Å². The minimum atomic E-state index is -1.92. The Kier molecular flexibility index (Phi) is 6.29. The van der Waals surface area contributed by atoms with Gasteiger partial charge in [-0.05, 0) is 36.8 Å². The van der Waals surface area contributed by atoms with E-state index in [-0.39, 0.29) is 17.8 Å². The third-order valence-electron chi connectivity index (χ3n) is 5.15. The van der Waals surface area contributed by atoms with E-state index in [9.17, 15) is 14.7 Å². The number of amides is 1. The van der Waals surface area contributed by atoms with E-state index < -0.39 is 11.5 Å². The smallest absolute Gasteiger partial charge is 0.264 e. The van der Waals surface area contributed by atoms with Crippen molar-refractivity contribution in [1.29, 1.82) is 0 Å². The van der Waals surface area contributed by atoms with Crippen LogP contribution in [0.4, 0.5) is 5.69 Å². The molecule has 0 bridgehead atoms. The maximum atomic E-state index is 13.2. The summed E-state index contributed by atoms with van der Waals surface area (Å²) < 4.78 is 11.2. The van der Waals surface area contributed by atoms with Crippen LogP contribution in [0.1, 0.15) is 42.1 Å². The molecule has 0 saturated heterocycles. The van der Waals surface area contributed by atoms with E-state index in [0.717, 1.165) is 17.3 Å². The second kappa shape index (κ2) is 8.55. The predicted molar refractivity (Wildman–Crippen MR) is 114 cm³/mol. The van der Waals surface area contributed by atoms with Gasteiger partial charge in [-0.25, -0.2) is 0 Å². The molecule has 0 aromatic heterocycles. The topological polar surface area (TPSA) is 76.1 Å². The van der Waals surface area contributed by atoms with Crippen LogP contribution in [-0.4, -0.2) is 37.6 Å². The molecule has 2 aromatic carbocycles. The van der Waals surface area contributed by atoms with Crippen molar-refractivity contribution < 1.29 is 24.2 Å². The van der Waals surface area contributed by atoms with Gasteiger partial charge in [-0.15, -0.1) is 0 Å². The molecule has 0 aliphatic carbocycles. The average molecular weight is 462 g/mol. The zero-order valence-corrected chi connectivity index (χ0v) is 18.3. The number of rotatable bonds is 8. The summed E-state index contributed by atoms with van der Waals surface area (Å²) in [6.07, 6.45) is 1.34. The highest BCUT2D eigenvalue weighted by Crippen LogP contribution is 2.44. The maximum Gasteiger partial charge on any atom is 0.264 e. The van der Waals surface area contributed by atoms with Crippen LogP contribution in [0, 0.1) is 0 Å². The molecule has 1 atom stereocenters. The number of carbonyl (C=O) groups excluding carboxylic acids is 2. The predicted octanol–water partition coefficient (Wildman–Crippen LogP) is 4.07. The number of unbranched alkanes of at least 4 members (excludes halogenated alkanes) is 1. The van der Waals surface area contributed by atoms with Gasteiger partial charge in [0.2, 0.25) is 0 Å². The van der Waals surface area contributed by atoms with E-state index in [0.29, 0.717) is 29.3 Å². The molecule has 0 radical (unpaired) electrons. The number of ether oxygens (including phenoxy) is 2. The number of methoxy groups -OCH3 is 2. The molecule has 154 valence electrons. The molecule has 0 fully saturated rings. The van der Waals surface area contributed by atoms with Crippen LogP contribution in [-0.2, 0) is 10.4 Å². The highest BCUT2D eigenvalue weighted by molar-refractivity contribution is 9.10. The van der Waals surface area contributed by atoms with Crippen LogP contribution in [0.3, 0.4) is 0 Å². The van der Waals surface area contributed by atoms with Gasteiger partial charge in [-0.2, -0.15) is 0 Å². The van der Waals surface area contributed by atoms with Crippen molar-refractivity contribution in [3.05, 3.63) is 52.0 Å². The lowest BCUT2D eigenvalue weighted by molar-refractivity contribution is -0.135. The molecule has 0 saturated carbocycles. The summed E-state index contributed by atoms with van der Waals surface area (Å²) in [6, 6.07) is 10.2. The van der Waals surface area contributed by atoms with Gasteiger partial charge in [-0.1, -0.05) is 29.3 Å². The molecule has 7 heteroatoms. The summed E-state index contributed by atoms with van der Waals surface area (Å²) in [7, 11) is 2.98. The number of fused-ring (bicyclic) bond motifs is 1. The molecule has 2 aromatic rings. The number of Topliss-reactive ketones (excluding diaryl/α,β-unsaturated/α-hetero) is 1. The largest absolute Gasteiger partial charge is 0.497 e. The standard InChI is InChI=1S/C22H24BrNO5/c1-4-5-10-24-18-9-6-14(23)11-17(18)22(27,21(24)26)13-19(25)16-8-7-15(28-2)12-20(16)29-3/h6-9,11-12,27H,4-5,10,13H2,1-3H3/t22-/m0/s1. The van der Waals surface area contributed by atoms with Crippen LogP contribution >= 0.6 is 15.9 Å². The second-order valence-electron chi connectivity index (χ2n) is 7.00. The fraction of sp³-hybridized carbons (Fsp3) is 0.364. The SMILES string of the molecule is CCCCN1C(=O)[C@](O)(CC(=O)c2ccc(OC)cc2OC)c2cc(Br)ccc21. The van der Waals surface area contributed by atoms with Crippen LogP contribution in [0.15, 0.2) is 40.9 Å². The number of carbonyl (C=O) groups is 2. The summed E-state index contributed by atoms with van der Waals surface area (Å²) in [5, 5.41) is 11.4. The van der Waals surface area contributed by atoms with Crippen LogP contribution in [0.2, 0.25) is 0 Å². The number of nitrogens with zero attached hydrogens (tertiary/aromatic N) is 1. The Balaban J connectivity index is 1.99. The molecule has 3 rings (SSSR count). The lowest BCUT2D eigenvalue weighted by Crippen LogP contribution is -2.42. The molecule has 1 N–H and O–H groups in total. The molecule has 29 heavy (non-hydrogen) atoms. The van der Waals surface area contributed by atoms with Gasteiger partial charge in [0.15, 0.2) is 11.4 Å². The molecule has 1 heterocycles. The third kappa shape index (κ3) is 3.89. The van der Waals surface area contributed by atoms with Gasteiger partial charge in [0.25, 0.3) is 5.91 Å². The van der Waals surface area contributed by atoms with E-state index in [1.54, 1.807) is 35.2 Å². The first-order valence-electron chi connectivity index (χ1n) is 9.45. The lowest BCUT2D eigenvalue weighted by atomic mass is 9.88. The van der Waals surface area contributed by atoms with E-state index in [1.807, 2.05) is 13.0 Å². The summed E-state index contributed by atoms with van der Waals surface area (Å²) in [4.78, 5) is 27.8. The van der Waals surface area contributed by atoms with Crippen molar-refractivity contribution in [1.82, 2.24) is 0 Å². The number of hydrogen-bond donors (Lipinski definition) is 1. The van der Waals surface area contributed by atoms with Gasteiger partial charge in [-0.3, -0.25) is 9.59 Å². The molecular weight excluding hydrogens is 438 g/mol. The number of halogens is 1. The molecule has 0 spiro atoms. The van der Waals surface area contributed by atoms with Crippen molar-refractivity contribution in [2.75, 3.05) is 25.7 Å². The summed E-state index contributed by atoms with van der Waals surface area (Å²) in [5.41, 5.74) is -0.551. The first-order valence-corrected chi connectivity index (χ1v) is 10.2. The highest BCUT2D eigenvalue weighted by atomic mass is 79.9. The van der Waals surface area contributed by atoms with Crippen molar-refractivity contribution in [3.63, 3.8) is 0 Å². The molecule has 0 unspecified atom stereocenters. The van der Waals surface area contributed by atoms with Gasteiger partial charge in [0.1, 0.15) is 11.5 Å². The number of benzene rings is 2. The monoisotopic (exact) mass is 461 g/mol. The first kappa shape index (κ1) is 21.3. The Morgan fingerprint density at radius 1 is 1.17 bits per heavy atom. The van der Waals surface area contributed by atoms with Crippen molar-refractivity contribution >= 4 is 33.3 Å². The van der Waals surface area contributed by atoms with E-state index >= 15 is 0 Å². The third-order valence-corrected chi connectivity index (χ3v) is 5.65. The minimum Gasteiger partial charge on any atom is -0.497 e. The van der Waals surface area contributed by atoms with Crippen LogP contribution in [0.5, 0.6) is 11.5 Å². The highest BCUT2D eigenvalue weighted by Gasteiger charge is 2.51. The van der Waals surface area contributed by atoms with Crippen molar-refractivity contribution in [2.24, 2.45) is 0 Å². The fourth-order valence-corrected chi connectivity index (χ4v) is 3.95. The van der Waals surface area contributed by atoms with E-state index in [2.05, 4.69) is 15.9 Å². The zero-order chi connectivity index (χ0) is 21.2.